The Morgan fingerprint density at radius 3 is 2.94 bits per heavy atom. The second-order valence-corrected chi connectivity index (χ2v) is 4.61. The summed E-state index contributed by atoms with van der Waals surface area (Å²) in [6.45, 7) is 2.66. The summed E-state index contributed by atoms with van der Waals surface area (Å²) < 4.78 is 5.44. The maximum Gasteiger partial charge on any atom is 0.339 e. The van der Waals surface area contributed by atoms with Crippen molar-refractivity contribution < 1.29 is 14.6 Å². The Balaban J connectivity index is 2.01. The van der Waals surface area contributed by atoms with Crippen molar-refractivity contribution in [3.05, 3.63) is 22.8 Å². The number of ether oxygens (including phenoxy) is 1. The number of hydrogen-bond acceptors (Lipinski definition) is 4. The van der Waals surface area contributed by atoms with Gasteiger partial charge in [-0.3, -0.25) is 0 Å². The summed E-state index contributed by atoms with van der Waals surface area (Å²) in [4.78, 5) is 15.1. The van der Waals surface area contributed by atoms with Gasteiger partial charge in [0.05, 0.1) is 6.10 Å². The molecule has 0 atom stereocenters. The molecule has 1 aliphatic carbocycles. The fourth-order valence-corrected chi connectivity index (χ4v) is 2.11. The van der Waals surface area contributed by atoms with Gasteiger partial charge in [-0.05, 0) is 31.9 Å². The zero-order valence-corrected chi connectivity index (χ0v) is 10.8. The number of anilines is 1. The smallest absolute Gasteiger partial charge is 0.339 e. The fourth-order valence-electron chi connectivity index (χ4n) is 1.97. The largest absolute Gasteiger partial charge is 0.478 e. The van der Waals surface area contributed by atoms with Gasteiger partial charge < -0.3 is 15.2 Å². The van der Waals surface area contributed by atoms with Gasteiger partial charge in [0.2, 0.25) is 0 Å². The molecule has 0 unspecified atom stereocenters. The number of pyridine rings is 1. The Hall–Kier alpha value is -1.33. The number of nitrogens with one attached hydrogen (secondary N) is 1. The van der Waals surface area contributed by atoms with Crippen molar-refractivity contribution in [3.8, 4) is 0 Å². The number of hydrogen-bond donors (Lipinski definition) is 2. The first-order valence-electron chi connectivity index (χ1n) is 5.88. The quantitative estimate of drug-likeness (QED) is 0.804. The molecule has 1 fully saturated rings. The van der Waals surface area contributed by atoms with Crippen LogP contribution >= 0.6 is 11.6 Å². The van der Waals surface area contributed by atoms with Crippen LogP contribution in [0.4, 0.5) is 5.82 Å². The second kappa shape index (κ2) is 5.54. The van der Waals surface area contributed by atoms with E-state index >= 15 is 0 Å². The molecule has 1 heterocycles. The number of carbonyl (C=O) groups is 1. The molecule has 5 nitrogen and oxygen atoms in total. The van der Waals surface area contributed by atoms with Crippen LogP contribution in [0.15, 0.2) is 12.1 Å². The molecule has 0 aromatic carbocycles. The Morgan fingerprint density at radius 1 is 1.61 bits per heavy atom. The van der Waals surface area contributed by atoms with E-state index in [1.165, 1.54) is 12.1 Å². The molecule has 0 radical (unpaired) electrons. The van der Waals surface area contributed by atoms with Crippen LogP contribution in [-0.2, 0) is 4.74 Å². The minimum atomic E-state index is -1.01. The summed E-state index contributed by atoms with van der Waals surface area (Å²) in [6.07, 6.45) is 1.99. The van der Waals surface area contributed by atoms with Crippen molar-refractivity contribution in [1.82, 2.24) is 4.98 Å². The zero-order chi connectivity index (χ0) is 13.1. The van der Waals surface area contributed by atoms with E-state index in [1.807, 2.05) is 6.92 Å². The Morgan fingerprint density at radius 2 is 2.33 bits per heavy atom. The predicted molar refractivity (Wildman–Crippen MR) is 68.3 cm³/mol. The van der Waals surface area contributed by atoms with Crippen molar-refractivity contribution >= 4 is 23.4 Å². The number of halogens is 1. The van der Waals surface area contributed by atoms with E-state index in [-0.39, 0.29) is 22.9 Å². The van der Waals surface area contributed by atoms with Crippen LogP contribution < -0.4 is 5.32 Å². The molecule has 2 rings (SSSR count). The van der Waals surface area contributed by atoms with Gasteiger partial charge in [-0.2, -0.15) is 0 Å². The van der Waals surface area contributed by atoms with Crippen molar-refractivity contribution in [2.75, 3.05) is 11.9 Å². The van der Waals surface area contributed by atoms with Crippen molar-refractivity contribution in [2.45, 2.75) is 31.9 Å². The molecule has 18 heavy (non-hydrogen) atoms. The summed E-state index contributed by atoms with van der Waals surface area (Å²) in [5.74, 6) is -0.683. The second-order valence-electron chi connectivity index (χ2n) is 4.23. The van der Waals surface area contributed by atoms with Gasteiger partial charge in [0.15, 0.2) is 0 Å². The van der Waals surface area contributed by atoms with E-state index < -0.39 is 5.97 Å². The first kappa shape index (κ1) is 13.1. The third-order valence-electron chi connectivity index (χ3n) is 2.93. The van der Waals surface area contributed by atoms with E-state index in [4.69, 9.17) is 21.4 Å². The molecule has 98 valence electrons. The number of aromatic nitrogens is 1. The lowest BCUT2D eigenvalue weighted by Crippen LogP contribution is -2.41. The van der Waals surface area contributed by atoms with Crippen LogP contribution in [0.25, 0.3) is 0 Å². The van der Waals surface area contributed by atoms with E-state index in [1.54, 1.807) is 0 Å². The average Bonchev–Trinajstić information content (AvgIpc) is 2.26. The third kappa shape index (κ3) is 2.91. The molecular formula is C12H15ClN2O3. The van der Waals surface area contributed by atoms with Gasteiger partial charge in [-0.15, -0.1) is 0 Å². The summed E-state index contributed by atoms with van der Waals surface area (Å²) in [7, 11) is 0. The SMILES string of the molecule is CCOC1CC(Nc2nc(Cl)ccc2C(=O)O)C1. The highest BCUT2D eigenvalue weighted by molar-refractivity contribution is 6.29. The lowest BCUT2D eigenvalue weighted by Gasteiger charge is -2.35. The van der Waals surface area contributed by atoms with Crippen LogP contribution in [0, 0.1) is 0 Å². The summed E-state index contributed by atoms with van der Waals surface area (Å²) in [5.41, 5.74) is 0.138. The van der Waals surface area contributed by atoms with Crippen molar-refractivity contribution in [3.63, 3.8) is 0 Å². The van der Waals surface area contributed by atoms with Crippen LogP contribution in [0.1, 0.15) is 30.1 Å². The summed E-state index contributed by atoms with van der Waals surface area (Å²) in [5, 5.41) is 12.4. The van der Waals surface area contributed by atoms with Gasteiger partial charge in [-0.25, -0.2) is 9.78 Å². The van der Waals surface area contributed by atoms with Gasteiger partial charge >= 0.3 is 5.97 Å². The predicted octanol–water partition coefficient (Wildman–Crippen LogP) is 2.41. The Kier molecular flexibility index (Phi) is 4.04. The molecule has 6 heteroatoms. The minimum Gasteiger partial charge on any atom is -0.478 e. The van der Waals surface area contributed by atoms with Crippen molar-refractivity contribution in [2.24, 2.45) is 0 Å². The first-order valence-corrected chi connectivity index (χ1v) is 6.26. The van der Waals surface area contributed by atoms with Gasteiger partial charge in [0, 0.05) is 12.6 Å². The molecule has 0 amide bonds. The average molecular weight is 271 g/mol. The number of rotatable bonds is 5. The maximum atomic E-state index is 11.0. The first-order chi connectivity index (χ1) is 8.60. The number of carboxylic acid groups (broad SMARTS) is 1. The Bertz CT molecular complexity index is 447. The van der Waals surface area contributed by atoms with Gasteiger partial charge in [0.1, 0.15) is 16.5 Å². The van der Waals surface area contributed by atoms with Crippen LogP contribution in [-0.4, -0.2) is 34.8 Å². The van der Waals surface area contributed by atoms with Crippen LogP contribution in [0.5, 0.6) is 0 Å². The molecular weight excluding hydrogens is 256 g/mol. The molecule has 0 saturated heterocycles. The molecule has 0 spiro atoms. The number of carboxylic acids is 1. The molecule has 2 N–H and O–H groups in total. The monoisotopic (exact) mass is 270 g/mol. The van der Waals surface area contributed by atoms with Crippen molar-refractivity contribution in [1.29, 1.82) is 0 Å². The zero-order valence-electron chi connectivity index (χ0n) is 10.0. The van der Waals surface area contributed by atoms with Gasteiger partial charge in [0.25, 0.3) is 0 Å². The summed E-state index contributed by atoms with van der Waals surface area (Å²) >= 11 is 5.78. The lowest BCUT2D eigenvalue weighted by molar-refractivity contribution is 0.00291. The molecule has 0 aliphatic heterocycles. The van der Waals surface area contributed by atoms with Crippen LogP contribution in [0.2, 0.25) is 5.15 Å². The maximum absolute atomic E-state index is 11.0. The molecule has 1 aromatic heterocycles. The summed E-state index contributed by atoms with van der Waals surface area (Å²) in [6, 6.07) is 3.13. The number of nitrogens with zero attached hydrogens (tertiary/aromatic N) is 1. The standard InChI is InChI=1S/C12H15ClN2O3/c1-2-18-8-5-7(6-8)14-11-9(12(16)17)3-4-10(13)15-11/h3-4,7-8H,2,5-6H2,1H3,(H,14,15)(H,16,17). The van der Waals surface area contributed by atoms with E-state index in [9.17, 15) is 4.79 Å². The number of aromatic carboxylic acids is 1. The van der Waals surface area contributed by atoms with E-state index in [0.717, 1.165) is 12.8 Å². The molecule has 0 bridgehead atoms. The normalized spacial score (nSPS) is 22.3. The third-order valence-corrected chi connectivity index (χ3v) is 3.14. The molecule has 1 aliphatic rings. The van der Waals surface area contributed by atoms with E-state index in [0.29, 0.717) is 12.4 Å². The highest BCUT2D eigenvalue weighted by Crippen LogP contribution is 2.28. The minimum absolute atomic E-state index is 0.138. The van der Waals surface area contributed by atoms with E-state index in [2.05, 4.69) is 10.3 Å². The van der Waals surface area contributed by atoms with Crippen LogP contribution in [0.3, 0.4) is 0 Å². The van der Waals surface area contributed by atoms with Gasteiger partial charge in [-0.1, -0.05) is 11.6 Å². The molecule has 1 aromatic rings. The highest BCUT2D eigenvalue weighted by Gasteiger charge is 2.30. The topological polar surface area (TPSA) is 71.5 Å². The highest BCUT2D eigenvalue weighted by atomic mass is 35.5. The fraction of sp³-hybridized carbons (Fsp3) is 0.500. The lowest BCUT2D eigenvalue weighted by atomic mass is 9.89. The molecule has 1 saturated carbocycles. The Labute approximate surface area is 110 Å².